The number of aryl methyl sites for hydroxylation is 1. The molecule has 0 radical (unpaired) electrons. The van der Waals surface area contributed by atoms with Gasteiger partial charge in [-0.25, -0.2) is 13.2 Å². The quantitative estimate of drug-likeness (QED) is 0.435. The van der Waals surface area contributed by atoms with Gasteiger partial charge in [-0.2, -0.15) is 23.5 Å². The minimum atomic E-state index is -4.82. The van der Waals surface area contributed by atoms with E-state index in [4.69, 9.17) is 16.3 Å². The number of hydrogen-bond acceptors (Lipinski definition) is 7. The second-order valence-electron chi connectivity index (χ2n) is 10.2. The number of alkyl halides is 3. The van der Waals surface area contributed by atoms with E-state index in [0.717, 1.165) is 4.31 Å². The molecule has 0 fully saturated rings. The van der Waals surface area contributed by atoms with E-state index >= 15 is 0 Å². The minimum Gasteiger partial charge on any atom is -0.486 e. The lowest BCUT2D eigenvalue weighted by atomic mass is 9.86. The van der Waals surface area contributed by atoms with Gasteiger partial charge in [-0.15, -0.1) is 0 Å². The molecule has 2 heterocycles. The zero-order valence-electron chi connectivity index (χ0n) is 22.1. The van der Waals surface area contributed by atoms with Gasteiger partial charge in [0.15, 0.2) is 5.15 Å². The summed E-state index contributed by atoms with van der Waals surface area (Å²) in [6.45, 7) is 8.49. The van der Waals surface area contributed by atoms with Crippen LogP contribution in [0.4, 0.5) is 29.3 Å². The summed E-state index contributed by atoms with van der Waals surface area (Å²) in [5.74, 6) is 0.115. The largest absolute Gasteiger partial charge is 0.486 e. The number of nitrogens with zero attached hydrogens (tertiary/aromatic N) is 4. The van der Waals surface area contributed by atoms with E-state index in [1.54, 1.807) is 27.7 Å². The van der Waals surface area contributed by atoms with Crippen LogP contribution in [0.1, 0.15) is 48.0 Å². The van der Waals surface area contributed by atoms with Crippen molar-refractivity contribution in [2.75, 3.05) is 9.62 Å². The van der Waals surface area contributed by atoms with E-state index < -0.39 is 45.5 Å². The fraction of sp³-hybridized carbons (Fsp3) is 0.542. The van der Waals surface area contributed by atoms with Crippen molar-refractivity contribution in [3.05, 3.63) is 29.5 Å². The number of carbonyl (C=O) groups excluding carboxylic acids is 1. The van der Waals surface area contributed by atoms with Crippen LogP contribution in [0.2, 0.25) is 5.15 Å². The molecule has 1 aliphatic rings. The maximum atomic E-state index is 14.0. The number of benzene rings is 1. The van der Waals surface area contributed by atoms with E-state index in [0.29, 0.717) is 20.4 Å². The normalized spacial score (nSPS) is 18.1. The number of hydrogen-bond donors (Lipinski definition) is 1. The molecule has 0 aliphatic carbocycles. The second-order valence-corrected chi connectivity index (χ2v) is 12.4. The van der Waals surface area contributed by atoms with Crippen LogP contribution in [0, 0.1) is 16.7 Å². The van der Waals surface area contributed by atoms with Crippen LogP contribution >= 0.6 is 11.6 Å². The molecule has 0 saturated carbocycles. The Bertz CT molecular complexity index is 1400. The van der Waals surface area contributed by atoms with Crippen molar-refractivity contribution in [3.8, 4) is 11.8 Å². The lowest BCUT2D eigenvalue weighted by Gasteiger charge is -2.42. The fourth-order valence-corrected chi connectivity index (χ4v) is 6.00. The average molecular weight is 592 g/mol. The van der Waals surface area contributed by atoms with E-state index in [2.05, 4.69) is 21.2 Å². The summed E-state index contributed by atoms with van der Waals surface area (Å²) in [7, 11) is -4.37. The smallest absolute Gasteiger partial charge is 0.427 e. The van der Waals surface area contributed by atoms with Gasteiger partial charge >= 0.3 is 12.3 Å². The summed E-state index contributed by atoms with van der Waals surface area (Å²) < 4.78 is 80.4. The Kier molecular flexibility index (Phi) is 8.11. The summed E-state index contributed by atoms with van der Waals surface area (Å²) in [4.78, 5) is 12.0. The second kappa shape index (κ2) is 10.4. The highest BCUT2D eigenvalue weighted by atomic mass is 35.5. The molecule has 10 nitrogen and oxygen atoms in total. The first-order chi connectivity index (χ1) is 17.8. The van der Waals surface area contributed by atoms with E-state index in [1.807, 2.05) is 0 Å². The van der Waals surface area contributed by atoms with Crippen molar-refractivity contribution in [2.45, 2.75) is 83.3 Å². The van der Waals surface area contributed by atoms with E-state index in [9.17, 15) is 31.6 Å². The molecule has 39 heavy (non-hydrogen) atoms. The summed E-state index contributed by atoms with van der Waals surface area (Å²) in [5, 5.41) is 15.5. The third-order valence-corrected chi connectivity index (χ3v) is 8.51. The highest BCUT2D eigenvalue weighted by Crippen LogP contribution is 2.44. The van der Waals surface area contributed by atoms with Gasteiger partial charge in [-0.1, -0.05) is 11.6 Å². The minimum absolute atomic E-state index is 0.00158. The number of nitrogens with one attached hydrogen (secondary N) is 1. The number of sulfonamides is 1. The molecule has 15 heteroatoms. The molecular weight excluding hydrogens is 563 g/mol. The molecule has 0 saturated heterocycles. The molecular formula is C24H29ClF3N5O5S. The predicted octanol–water partition coefficient (Wildman–Crippen LogP) is 5.73. The zero-order valence-corrected chi connectivity index (χ0v) is 23.7. The van der Waals surface area contributed by atoms with Crippen LogP contribution < -0.4 is 14.4 Å². The summed E-state index contributed by atoms with van der Waals surface area (Å²) in [6, 6.07) is 5.26. The number of carbonyl (C=O) groups is 1. The molecule has 214 valence electrons. The van der Waals surface area contributed by atoms with Gasteiger partial charge < -0.3 is 9.47 Å². The van der Waals surface area contributed by atoms with Crippen molar-refractivity contribution in [3.63, 3.8) is 0 Å². The van der Waals surface area contributed by atoms with Gasteiger partial charge in [0.1, 0.15) is 16.7 Å². The Morgan fingerprint density at radius 3 is 2.46 bits per heavy atom. The molecule has 1 aliphatic heterocycles. The number of amides is 1. The molecule has 2 aromatic rings. The first-order valence-corrected chi connectivity index (χ1v) is 13.7. The Morgan fingerprint density at radius 2 is 1.92 bits per heavy atom. The molecule has 2 atom stereocenters. The summed E-state index contributed by atoms with van der Waals surface area (Å²) in [5.41, 5.74) is -3.66. The Balaban J connectivity index is 2.07. The molecule has 1 amide bonds. The topological polar surface area (TPSA) is 127 Å². The van der Waals surface area contributed by atoms with E-state index in [1.165, 1.54) is 29.1 Å². The van der Waals surface area contributed by atoms with Gasteiger partial charge in [0.05, 0.1) is 23.2 Å². The third-order valence-electron chi connectivity index (χ3n) is 6.22. The summed E-state index contributed by atoms with van der Waals surface area (Å²) in [6.07, 6.45) is -5.50. The molecule has 3 rings (SSSR count). The lowest BCUT2D eigenvalue weighted by Crippen LogP contribution is -2.51. The summed E-state index contributed by atoms with van der Waals surface area (Å²) >= 11 is 6.19. The van der Waals surface area contributed by atoms with Gasteiger partial charge in [0.25, 0.3) is 10.0 Å². The predicted molar refractivity (Wildman–Crippen MR) is 137 cm³/mol. The number of ether oxygens (including phenoxy) is 2. The van der Waals surface area contributed by atoms with Crippen LogP contribution in [0.25, 0.3) is 0 Å². The standard InChI is InChI=1S/C24H29ClF3N5O5S/c1-7-32-12-19(20(25)31-32)39(35,36)33-14(2)18(11-22(3,4)13-29)37-17-9-8-15(10-16(17)33)30-21(34)38-23(5,6)24(26,27)28/h8-10,12,14,18H,7,11H2,1-6H3,(H,30,34)/t14-,18-/m1/s1. The lowest BCUT2D eigenvalue weighted by molar-refractivity contribution is -0.242. The molecule has 0 bridgehead atoms. The van der Waals surface area contributed by atoms with Crippen molar-refractivity contribution in [1.29, 1.82) is 5.26 Å². The first kappa shape index (κ1) is 30.4. The maximum absolute atomic E-state index is 14.0. The van der Waals surface area contributed by atoms with Crippen molar-refractivity contribution in [2.24, 2.45) is 5.41 Å². The highest BCUT2D eigenvalue weighted by Gasteiger charge is 2.51. The third kappa shape index (κ3) is 6.19. The van der Waals surface area contributed by atoms with Crippen molar-refractivity contribution >= 4 is 39.1 Å². The van der Waals surface area contributed by atoms with Gasteiger partial charge in [0.2, 0.25) is 5.60 Å². The number of halogens is 4. The first-order valence-electron chi connectivity index (χ1n) is 11.9. The zero-order chi connectivity index (χ0) is 29.6. The van der Waals surface area contributed by atoms with Gasteiger partial charge in [0, 0.05) is 24.8 Å². The van der Waals surface area contributed by atoms with Crippen LogP contribution in [-0.4, -0.2) is 48.2 Å². The molecule has 1 aromatic heterocycles. The molecule has 1 N–H and O–H groups in total. The number of rotatable bonds is 7. The Hall–Kier alpha value is -3.18. The highest BCUT2D eigenvalue weighted by molar-refractivity contribution is 7.93. The Labute approximate surface area is 229 Å². The molecule has 0 unspecified atom stereocenters. The van der Waals surface area contributed by atoms with Crippen LogP contribution in [-0.2, 0) is 21.3 Å². The van der Waals surface area contributed by atoms with E-state index in [-0.39, 0.29) is 33.6 Å². The van der Waals surface area contributed by atoms with Crippen LogP contribution in [0.15, 0.2) is 29.3 Å². The monoisotopic (exact) mass is 591 g/mol. The van der Waals surface area contributed by atoms with Gasteiger partial charge in [-0.3, -0.25) is 14.3 Å². The molecule has 0 spiro atoms. The number of nitriles is 1. The average Bonchev–Trinajstić information content (AvgIpc) is 3.20. The molecule has 1 aromatic carbocycles. The number of anilines is 2. The van der Waals surface area contributed by atoms with Crippen molar-refractivity contribution < 1.29 is 35.9 Å². The fourth-order valence-electron chi connectivity index (χ4n) is 3.86. The number of fused-ring (bicyclic) bond motifs is 1. The number of aromatic nitrogens is 2. The maximum Gasteiger partial charge on any atom is 0.427 e. The van der Waals surface area contributed by atoms with Crippen molar-refractivity contribution in [1.82, 2.24) is 9.78 Å². The van der Waals surface area contributed by atoms with Gasteiger partial charge in [-0.05, 0) is 59.7 Å². The Morgan fingerprint density at radius 1 is 1.28 bits per heavy atom. The SMILES string of the molecule is CCn1cc(S(=O)(=O)N2c3cc(NC(=O)OC(C)(C)C(F)(F)F)ccc3O[C@H](CC(C)(C)C#N)[C@H]2C)c(Cl)n1. The van der Waals surface area contributed by atoms with Crippen LogP contribution in [0.3, 0.4) is 0 Å². The van der Waals surface area contributed by atoms with Crippen LogP contribution in [0.5, 0.6) is 5.75 Å².